The molecule has 1 aliphatic rings. The first kappa shape index (κ1) is 8.69. The zero-order valence-corrected chi connectivity index (χ0v) is 7.35. The van der Waals surface area contributed by atoms with Crippen molar-refractivity contribution in [3.8, 4) is 0 Å². The predicted molar refractivity (Wildman–Crippen MR) is 46.0 cm³/mol. The second kappa shape index (κ2) is 2.54. The molecule has 0 amide bonds. The van der Waals surface area contributed by atoms with E-state index in [-0.39, 0.29) is 17.3 Å². The van der Waals surface area contributed by atoms with Gasteiger partial charge in [0.05, 0.1) is 10.9 Å². The number of rotatable bonds is 1. The third kappa shape index (κ3) is 1.46. The Balaban J connectivity index is 2.29. The second-order valence-corrected chi connectivity index (χ2v) is 3.56. The lowest BCUT2D eigenvalue weighted by atomic mass is 10.2. The first-order valence-corrected chi connectivity index (χ1v) is 4.17. The summed E-state index contributed by atoms with van der Waals surface area (Å²) in [5.74, 6) is -3.13. The van der Waals surface area contributed by atoms with Crippen LogP contribution in [0.15, 0.2) is 12.3 Å². The summed E-state index contributed by atoms with van der Waals surface area (Å²) < 4.78 is 25.2. The predicted octanol–water partition coefficient (Wildman–Crippen LogP) is 2.44. The van der Waals surface area contributed by atoms with E-state index < -0.39 is 11.8 Å². The number of anilines is 1. The van der Waals surface area contributed by atoms with Crippen LogP contribution in [0.2, 0.25) is 5.02 Å². The number of nitrogen functional groups attached to an aromatic ring is 1. The molecule has 0 spiro atoms. The molecule has 0 aromatic carbocycles. The molecule has 5 heteroatoms. The van der Waals surface area contributed by atoms with Gasteiger partial charge < -0.3 is 5.73 Å². The highest BCUT2D eigenvalue weighted by Crippen LogP contribution is 2.55. The van der Waals surface area contributed by atoms with Crippen LogP contribution in [0.25, 0.3) is 0 Å². The van der Waals surface area contributed by atoms with Crippen molar-refractivity contribution < 1.29 is 8.78 Å². The quantitative estimate of drug-likeness (QED) is 0.763. The van der Waals surface area contributed by atoms with Crippen LogP contribution in [0, 0.1) is 0 Å². The molecule has 1 heterocycles. The maximum absolute atomic E-state index is 12.6. The van der Waals surface area contributed by atoms with Crippen molar-refractivity contribution in [1.29, 1.82) is 0 Å². The van der Waals surface area contributed by atoms with Crippen LogP contribution in [0.3, 0.4) is 0 Å². The van der Waals surface area contributed by atoms with Crippen LogP contribution < -0.4 is 5.73 Å². The van der Waals surface area contributed by atoms with E-state index in [1.807, 2.05) is 0 Å². The molecule has 1 unspecified atom stereocenters. The van der Waals surface area contributed by atoms with Gasteiger partial charge in [-0.3, -0.25) is 0 Å². The smallest absolute Gasteiger partial charge is 0.255 e. The van der Waals surface area contributed by atoms with E-state index in [2.05, 4.69) is 4.98 Å². The minimum atomic E-state index is -2.58. The van der Waals surface area contributed by atoms with Crippen LogP contribution in [-0.4, -0.2) is 10.9 Å². The molecule has 1 aromatic heterocycles. The van der Waals surface area contributed by atoms with Crippen molar-refractivity contribution in [1.82, 2.24) is 4.98 Å². The van der Waals surface area contributed by atoms with Gasteiger partial charge in [-0.15, -0.1) is 0 Å². The van der Waals surface area contributed by atoms with Crippen molar-refractivity contribution in [2.75, 3.05) is 5.73 Å². The highest BCUT2D eigenvalue weighted by atomic mass is 35.5. The van der Waals surface area contributed by atoms with Crippen molar-refractivity contribution >= 4 is 17.4 Å². The molecule has 0 bridgehead atoms. The lowest BCUT2D eigenvalue weighted by Crippen LogP contribution is -1.96. The number of hydrogen-bond donors (Lipinski definition) is 1. The van der Waals surface area contributed by atoms with E-state index in [4.69, 9.17) is 17.3 Å². The summed E-state index contributed by atoms with van der Waals surface area (Å²) in [5.41, 5.74) is 5.81. The second-order valence-electron chi connectivity index (χ2n) is 3.15. The maximum atomic E-state index is 12.6. The average molecular weight is 205 g/mol. The number of halogens is 3. The fraction of sp³-hybridized carbons (Fsp3) is 0.375. The van der Waals surface area contributed by atoms with Gasteiger partial charge in [0.1, 0.15) is 5.82 Å². The minimum absolute atomic E-state index is 0.116. The number of nitrogens with two attached hydrogens (primary N) is 1. The summed E-state index contributed by atoms with van der Waals surface area (Å²) in [4.78, 5) is 3.72. The molecule has 0 saturated heterocycles. The number of aromatic nitrogens is 1. The highest BCUT2D eigenvalue weighted by molar-refractivity contribution is 6.32. The van der Waals surface area contributed by atoms with Crippen molar-refractivity contribution in [2.24, 2.45) is 0 Å². The molecular weight excluding hydrogens is 198 g/mol. The van der Waals surface area contributed by atoms with Gasteiger partial charge in [-0.2, -0.15) is 0 Å². The summed E-state index contributed by atoms with van der Waals surface area (Å²) in [6.45, 7) is 0. The van der Waals surface area contributed by atoms with Crippen LogP contribution in [0.4, 0.5) is 14.6 Å². The van der Waals surface area contributed by atoms with E-state index in [0.717, 1.165) is 0 Å². The number of nitrogens with zero attached hydrogens (tertiary/aromatic N) is 1. The van der Waals surface area contributed by atoms with Gasteiger partial charge in [0, 0.05) is 12.6 Å². The number of alkyl halides is 2. The Morgan fingerprint density at radius 1 is 1.62 bits per heavy atom. The van der Waals surface area contributed by atoms with Crippen molar-refractivity contribution in [2.45, 2.75) is 18.3 Å². The van der Waals surface area contributed by atoms with E-state index in [9.17, 15) is 8.78 Å². The van der Waals surface area contributed by atoms with Crippen LogP contribution in [-0.2, 0) is 0 Å². The van der Waals surface area contributed by atoms with Crippen LogP contribution in [0.5, 0.6) is 0 Å². The topological polar surface area (TPSA) is 38.9 Å². The van der Waals surface area contributed by atoms with Gasteiger partial charge in [-0.05, 0) is 11.6 Å². The molecule has 2 nitrogen and oxygen atoms in total. The monoisotopic (exact) mass is 204 g/mol. The van der Waals surface area contributed by atoms with Crippen molar-refractivity contribution in [3.63, 3.8) is 0 Å². The van der Waals surface area contributed by atoms with Gasteiger partial charge in [0.25, 0.3) is 5.92 Å². The minimum Gasteiger partial charge on any atom is -0.382 e. The zero-order valence-electron chi connectivity index (χ0n) is 6.60. The Labute approximate surface area is 78.7 Å². The molecule has 1 aliphatic carbocycles. The summed E-state index contributed by atoms with van der Waals surface area (Å²) in [5, 5.41) is 0.236. The molecule has 0 radical (unpaired) electrons. The van der Waals surface area contributed by atoms with E-state index >= 15 is 0 Å². The lowest BCUT2D eigenvalue weighted by Gasteiger charge is -2.01. The third-order valence-electron chi connectivity index (χ3n) is 2.12. The fourth-order valence-corrected chi connectivity index (χ4v) is 1.40. The molecular formula is C8H7ClF2N2. The fourth-order valence-electron chi connectivity index (χ4n) is 1.23. The molecule has 13 heavy (non-hydrogen) atoms. The molecule has 0 aliphatic heterocycles. The van der Waals surface area contributed by atoms with E-state index in [1.54, 1.807) is 0 Å². The highest BCUT2D eigenvalue weighted by Gasteiger charge is 2.57. The van der Waals surface area contributed by atoms with E-state index in [1.165, 1.54) is 12.3 Å². The Morgan fingerprint density at radius 3 is 2.69 bits per heavy atom. The van der Waals surface area contributed by atoms with Gasteiger partial charge in [-0.25, -0.2) is 13.8 Å². The maximum Gasteiger partial charge on any atom is 0.255 e. The summed E-state index contributed by atoms with van der Waals surface area (Å²) >= 11 is 5.65. The van der Waals surface area contributed by atoms with Crippen LogP contribution in [0.1, 0.15) is 17.9 Å². The Bertz CT molecular complexity index is 354. The van der Waals surface area contributed by atoms with E-state index in [0.29, 0.717) is 5.56 Å². The third-order valence-corrected chi connectivity index (χ3v) is 2.42. The normalized spacial score (nSPS) is 24.4. The molecule has 1 aromatic rings. The molecule has 1 atom stereocenters. The molecule has 70 valence electrons. The van der Waals surface area contributed by atoms with Crippen LogP contribution >= 0.6 is 11.6 Å². The van der Waals surface area contributed by atoms with Gasteiger partial charge in [0.2, 0.25) is 0 Å². The van der Waals surface area contributed by atoms with Gasteiger partial charge >= 0.3 is 0 Å². The summed E-state index contributed by atoms with van der Waals surface area (Å²) in [6.07, 6.45) is 1.24. The number of hydrogen-bond acceptors (Lipinski definition) is 2. The van der Waals surface area contributed by atoms with Gasteiger partial charge in [0.15, 0.2) is 0 Å². The van der Waals surface area contributed by atoms with Crippen molar-refractivity contribution in [3.05, 3.63) is 22.8 Å². The zero-order chi connectivity index (χ0) is 9.64. The average Bonchev–Trinajstić information content (AvgIpc) is 2.66. The first-order chi connectivity index (χ1) is 6.00. The molecule has 1 fully saturated rings. The van der Waals surface area contributed by atoms with Gasteiger partial charge in [-0.1, -0.05) is 11.6 Å². The standard InChI is InChI=1S/C8H7ClF2N2/c9-6-1-4(3-13-7(6)12)5-2-8(5,10)11/h1,3,5H,2H2,(H2,12,13). The SMILES string of the molecule is Nc1ncc(C2CC2(F)F)cc1Cl. The summed E-state index contributed by atoms with van der Waals surface area (Å²) in [7, 11) is 0. The molecule has 1 saturated carbocycles. The number of pyridine rings is 1. The first-order valence-electron chi connectivity index (χ1n) is 3.79. The summed E-state index contributed by atoms with van der Waals surface area (Å²) in [6, 6.07) is 1.45. The Kier molecular flexibility index (Phi) is 1.70. The largest absolute Gasteiger partial charge is 0.382 e. The molecule has 2 rings (SSSR count). The lowest BCUT2D eigenvalue weighted by molar-refractivity contribution is 0.112. The Morgan fingerprint density at radius 2 is 2.23 bits per heavy atom. The molecule has 2 N–H and O–H groups in total. The Hall–Kier alpha value is -0.900.